The van der Waals surface area contributed by atoms with Gasteiger partial charge in [0.15, 0.2) is 0 Å². The third-order valence-electron chi connectivity index (χ3n) is 5.37. The first-order valence-electron chi connectivity index (χ1n) is 9.61. The van der Waals surface area contributed by atoms with Gasteiger partial charge in [-0.2, -0.15) is 0 Å². The van der Waals surface area contributed by atoms with E-state index in [4.69, 9.17) is 0 Å². The number of benzene rings is 1. The highest BCUT2D eigenvalue weighted by molar-refractivity contribution is 5.95. The van der Waals surface area contributed by atoms with Crippen molar-refractivity contribution in [2.24, 2.45) is 0 Å². The van der Waals surface area contributed by atoms with Gasteiger partial charge >= 0.3 is 0 Å². The van der Waals surface area contributed by atoms with Crippen LogP contribution in [0.15, 0.2) is 24.3 Å². The second-order valence-electron chi connectivity index (χ2n) is 7.42. The molecule has 2 aliphatic rings. The van der Waals surface area contributed by atoms with E-state index in [1.807, 2.05) is 53.1 Å². The van der Waals surface area contributed by atoms with E-state index in [0.717, 1.165) is 25.3 Å². The van der Waals surface area contributed by atoms with E-state index in [2.05, 4.69) is 4.90 Å². The van der Waals surface area contributed by atoms with Crippen LogP contribution < -0.4 is 4.90 Å². The summed E-state index contributed by atoms with van der Waals surface area (Å²) in [6.45, 7) is 5.62. The number of piperazine rings is 1. The molecule has 0 spiro atoms. The Balaban J connectivity index is 1.49. The van der Waals surface area contributed by atoms with Gasteiger partial charge in [0, 0.05) is 64.5 Å². The molecule has 6 nitrogen and oxygen atoms in total. The van der Waals surface area contributed by atoms with Crippen molar-refractivity contribution in [1.82, 2.24) is 14.7 Å². The van der Waals surface area contributed by atoms with Crippen LogP contribution in [0.5, 0.6) is 0 Å². The fourth-order valence-electron chi connectivity index (χ4n) is 3.68. The predicted octanol–water partition coefficient (Wildman–Crippen LogP) is 1.52. The van der Waals surface area contributed by atoms with E-state index >= 15 is 0 Å². The molecule has 0 bridgehead atoms. The van der Waals surface area contributed by atoms with Crippen molar-refractivity contribution < 1.29 is 9.59 Å². The van der Waals surface area contributed by atoms with Gasteiger partial charge in [-0.15, -0.1) is 0 Å². The SMILES string of the molecule is CN(C)c1cccc(C(=O)N2CCN(C(=O)CCN3CCCC3)CC2)c1. The zero-order valence-electron chi connectivity index (χ0n) is 16.0. The minimum absolute atomic E-state index is 0.0536. The second kappa shape index (κ2) is 8.54. The molecule has 6 heteroatoms. The Bertz CT molecular complexity index is 632. The number of hydrogen-bond donors (Lipinski definition) is 0. The molecule has 142 valence electrons. The van der Waals surface area contributed by atoms with Gasteiger partial charge in [0.05, 0.1) is 0 Å². The largest absolute Gasteiger partial charge is 0.378 e. The molecule has 0 unspecified atom stereocenters. The molecule has 0 aromatic heterocycles. The molecular formula is C20H30N4O2. The summed E-state index contributed by atoms with van der Waals surface area (Å²) in [6, 6.07) is 7.70. The topological polar surface area (TPSA) is 47.1 Å². The number of carbonyl (C=O) groups is 2. The van der Waals surface area contributed by atoms with Crippen LogP contribution in [-0.2, 0) is 4.79 Å². The molecular weight excluding hydrogens is 328 g/mol. The van der Waals surface area contributed by atoms with Gasteiger partial charge in [0.1, 0.15) is 0 Å². The van der Waals surface area contributed by atoms with E-state index < -0.39 is 0 Å². The molecule has 26 heavy (non-hydrogen) atoms. The number of anilines is 1. The van der Waals surface area contributed by atoms with Crippen LogP contribution in [0.3, 0.4) is 0 Å². The Morgan fingerprint density at radius 2 is 1.62 bits per heavy atom. The first-order valence-corrected chi connectivity index (χ1v) is 9.61. The number of likely N-dealkylation sites (tertiary alicyclic amines) is 1. The van der Waals surface area contributed by atoms with Crippen molar-refractivity contribution in [3.63, 3.8) is 0 Å². The molecule has 0 saturated carbocycles. The fourth-order valence-corrected chi connectivity index (χ4v) is 3.68. The number of hydrogen-bond acceptors (Lipinski definition) is 4. The van der Waals surface area contributed by atoms with Crippen molar-refractivity contribution in [2.75, 3.05) is 64.8 Å². The van der Waals surface area contributed by atoms with E-state index in [1.165, 1.54) is 12.8 Å². The lowest BCUT2D eigenvalue weighted by Gasteiger charge is -2.35. The van der Waals surface area contributed by atoms with Crippen LogP contribution in [0, 0.1) is 0 Å². The number of nitrogens with zero attached hydrogens (tertiary/aromatic N) is 4. The lowest BCUT2D eigenvalue weighted by Crippen LogP contribution is -2.51. The highest BCUT2D eigenvalue weighted by Gasteiger charge is 2.25. The highest BCUT2D eigenvalue weighted by Crippen LogP contribution is 2.16. The molecule has 0 atom stereocenters. The first-order chi connectivity index (χ1) is 12.5. The second-order valence-corrected chi connectivity index (χ2v) is 7.42. The molecule has 2 heterocycles. The molecule has 1 aromatic rings. The van der Waals surface area contributed by atoms with Gasteiger partial charge in [-0.3, -0.25) is 9.59 Å². The maximum absolute atomic E-state index is 12.7. The van der Waals surface area contributed by atoms with E-state index in [9.17, 15) is 9.59 Å². The predicted molar refractivity (Wildman–Crippen MR) is 104 cm³/mol. The standard InChI is InChI=1S/C20H30N4O2/c1-21(2)18-7-5-6-17(16-18)20(26)24-14-12-23(13-15-24)19(25)8-11-22-9-3-4-10-22/h5-7,16H,3-4,8-15H2,1-2H3. The molecule has 3 rings (SSSR count). The van der Waals surface area contributed by atoms with E-state index in [-0.39, 0.29) is 11.8 Å². The van der Waals surface area contributed by atoms with Gasteiger partial charge in [-0.05, 0) is 44.1 Å². The Labute approximate surface area is 156 Å². The minimum Gasteiger partial charge on any atom is -0.378 e. The number of carbonyl (C=O) groups excluding carboxylic acids is 2. The van der Waals surface area contributed by atoms with Crippen molar-refractivity contribution >= 4 is 17.5 Å². The lowest BCUT2D eigenvalue weighted by molar-refractivity contribution is -0.133. The normalized spacial score (nSPS) is 18.2. The Hall–Kier alpha value is -2.08. The van der Waals surface area contributed by atoms with Gasteiger partial charge in [0.2, 0.25) is 5.91 Å². The van der Waals surface area contributed by atoms with Crippen molar-refractivity contribution in [1.29, 1.82) is 0 Å². The molecule has 2 aliphatic heterocycles. The summed E-state index contributed by atoms with van der Waals surface area (Å²) in [5.41, 5.74) is 1.73. The van der Waals surface area contributed by atoms with Gasteiger partial charge in [0.25, 0.3) is 5.91 Å². The maximum Gasteiger partial charge on any atom is 0.254 e. The molecule has 2 fully saturated rings. The lowest BCUT2D eigenvalue weighted by atomic mass is 10.1. The maximum atomic E-state index is 12.7. The summed E-state index contributed by atoms with van der Waals surface area (Å²) >= 11 is 0. The van der Waals surface area contributed by atoms with Crippen LogP contribution in [0.4, 0.5) is 5.69 Å². The number of rotatable bonds is 5. The fraction of sp³-hybridized carbons (Fsp3) is 0.600. The average Bonchev–Trinajstić information content (AvgIpc) is 3.19. The highest BCUT2D eigenvalue weighted by atomic mass is 16.2. The van der Waals surface area contributed by atoms with Crippen LogP contribution in [-0.4, -0.2) is 86.4 Å². The monoisotopic (exact) mass is 358 g/mol. The van der Waals surface area contributed by atoms with Gasteiger partial charge in [-0.25, -0.2) is 0 Å². The summed E-state index contributed by atoms with van der Waals surface area (Å²) in [6.07, 6.45) is 3.10. The number of amides is 2. The van der Waals surface area contributed by atoms with Crippen molar-refractivity contribution in [3.05, 3.63) is 29.8 Å². The van der Waals surface area contributed by atoms with Crippen molar-refractivity contribution in [2.45, 2.75) is 19.3 Å². The Morgan fingerprint density at radius 1 is 0.962 bits per heavy atom. The summed E-state index contributed by atoms with van der Waals surface area (Å²) in [7, 11) is 3.94. The molecule has 2 amide bonds. The zero-order valence-corrected chi connectivity index (χ0v) is 16.0. The summed E-state index contributed by atoms with van der Waals surface area (Å²) in [5, 5.41) is 0. The summed E-state index contributed by atoms with van der Waals surface area (Å²) < 4.78 is 0. The first kappa shape index (κ1) is 18.7. The van der Waals surface area contributed by atoms with Crippen LogP contribution >= 0.6 is 0 Å². The van der Waals surface area contributed by atoms with Gasteiger partial charge in [-0.1, -0.05) is 6.07 Å². The molecule has 0 aliphatic carbocycles. The quantitative estimate of drug-likeness (QED) is 0.801. The molecule has 0 N–H and O–H groups in total. The van der Waals surface area contributed by atoms with Crippen LogP contribution in [0.25, 0.3) is 0 Å². The van der Waals surface area contributed by atoms with E-state index in [0.29, 0.717) is 38.2 Å². The average molecular weight is 358 g/mol. The molecule has 1 aromatic carbocycles. The van der Waals surface area contributed by atoms with Crippen molar-refractivity contribution in [3.8, 4) is 0 Å². The zero-order chi connectivity index (χ0) is 18.5. The summed E-state index contributed by atoms with van der Waals surface area (Å²) in [5.74, 6) is 0.275. The van der Waals surface area contributed by atoms with Crippen LogP contribution in [0.1, 0.15) is 29.6 Å². The Morgan fingerprint density at radius 3 is 2.27 bits per heavy atom. The summed E-state index contributed by atoms with van der Waals surface area (Å²) in [4.78, 5) is 33.3. The Kier molecular flexibility index (Phi) is 6.14. The van der Waals surface area contributed by atoms with Gasteiger partial charge < -0.3 is 19.6 Å². The van der Waals surface area contributed by atoms with Crippen LogP contribution in [0.2, 0.25) is 0 Å². The van der Waals surface area contributed by atoms with E-state index in [1.54, 1.807) is 0 Å². The smallest absolute Gasteiger partial charge is 0.254 e. The third-order valence-corrected chi connectivity index (χ3v) is 5.37. The minimum atomic E-state index is 0.0536. The molecule has 0 radical (unpaired) electrons. The molecule has 2 saturated heterocycles. The third kappa shape index (κ3) is 4.55.